The van der Waals surface area contributed by atoms with Crippen LogP contribution in [0.5, 0.6) is 0 Å². The van der Waals surface area contributed by atoms with Crippen molar-refractivity contribution in [3.63, 3.8) is 0 Å². The van der Waals surface area contributed by atoms with Crippen LogP contribution in [0, 0.1) is 0 Å². The van der Waals surface area contributed by atoms with Crippen molar-refractivity contribution in [2.75, 3.05) is 0 Å². The number of hydrogen-bond acceptors (Lipinski definition) is 4. The molecule has 1 N–H and O–H groups in total. The molecule has 0 saturated carbocycles. The van der Waals surface area contributed by atoms with Crippen LogP contribution < -0.4 is 4.72 Å². The van der Waals surface area contributed by atoms with Gasteiger partial charge in [0.1, 0.15) is 5.78 Å². The van der Waals surface area contributed by atoms with E-state index in [1.165, 1.54) is 26.1 Å². The molecule has 0 saturated heterocycles. The maximum absolute atomic E-state index is 12.3. The number of rotatable bonds is 4. The number of carbonyl (C=O) groups is 1. The van der Waals surface area contributed by atoms with Crippen molar-refractivity contribution >= 4 is 26.6 Å². The monoisotopic (exact) mass is 278 g/mol. The van der Waals surface area contributed by atoms with Crippen molar-refractivity contribution < 1.29 is 13.2 Å². The summed E-state index contributed by atoms with van der Waals surface area (Å²) in [7, 11) is -3.73. The Morgan fingerprint density at radius 3 is 2.74 bits per heavy atom. The van der Waals surface area contributed by atoms with Crippen molar-refractivity contribution in [1.29, 1.82) is 0 Å². The highest BCUT2D eigenvalue weighted by molar-refractivity contribution is 7.89. The van der Waals surface area contributed by atoms with Gasteiger partial charge in [0.25, 0.3) is 0 Å². The Morgan fingerprint density at radius 1 is 1.32 bits per heavy atom. The number of aromatic nitrogens is 1. The second kappa shape index (κ2) is 5.07. The van der Waals surface area contributed by atoms with E-state index in [9.17, 15) is 13.2 Å². The Bertz CT molecular complexity index is 720. The summed E-state index contributed by atoms with van der Waals surface area (Å²) in [5.41, 5.74) is 0. The number of Topliss-reactive ketones (excluding diaryl/α,β-unsaturated/α-hetero) is 1. The van der Waals surface area contributed by atoms with Crippen LogP contribution in [-0.2, 0) is 14.8 Å². The minimum absolute atomic E-state index is 0.153. The van der Waals surface area contributed by atoms with E-state index in [0.717, 1.165) is 5.39 Å². The summed E-state index contributed by atoms with van der Waals surface area (Å²) in [6, 6.07) is 5.84. The highest BCUT2D eigenvalue weighted by Crippen LogP contribution is 2.21. The number of nitrogens with one attached hydrogen (secondary N) is 1. The molecule has 1 aromatic carbocycles. The Balaban J connectivity index is 2.52. The number of pyridine rings is 1. The molecule has 1 unspecified atom stereocenters. The second-order valence-electron chi connectivity index (χ2n) is 4.31. The van der Waals surface area contributed by atoms with Crippen LogP contribution in [0.2, 0.25) is 0 Å². The van der Waals surface area contributed by atoms with E-state index in [4.69, 9.17) is 0 Å². The van der Waals surface area contributed by atoms with Crippen molar-refractivity contribution in [3.8, 4) is 0 Å². The minimum Gasteiger partial charge on any atom is -0.298 e. The third-order valence-corrected chi connectivity index (χ3v) is 4.47. The molecule has 0 bridgehead atoms. The Morgan fingerprint density at radius 2 is 2.05 bits per heavy atom. The van der Waals surface area contributed by atoms with E-state index in [2.05, 4.69) is 9.71 Å². The molecular weight excluding hydrogens is 264 g/mol. The number of ketones is 1. The first-order valence-corrected chi connectivity index (χ1v) is 7.25. The van der Waals surface area contributed by atoms with Gasteiger partial charge in [-0.2, -0.15) is 0 Å². The van der Waals surface area contributed by atoms with Crippen molar-refractivity contribution in [3.05, 3.63) is 36.7 Å². The highest BCUT2D eigenvalue weighted by atomic mass is 32.2. The topological polar surface area (TPSA) is 76.1 Å². The molecule has 6 heteroatoms. The van der Waals surface area contributed by atoms with Gasteiger partial charge in [-0.15, -0.1) is 0 Å². The zero-order valence-electron chi connectivity index (χ0n) is 10.6. The van der Waals surface area contributed by atoms with E-state index >= 15 is 0 Å². The third-order valence-electron chi connectivity index (χ3n) is 2.87. The summed E-state index contributed by atoms with van der Waals surface area (Å²) in [5, 5.41) is 1.32. The molecule has 0 fully saturated rings. The fourth-order valence-corrected chi connectivity index (χ4v) is 3.20. The predicted octanol–water partition coefficient (Wildman–Crippen LogP) is 1.49. The molecule has 0 amide bonds. The first kappa shape index (κ1) is 13.6. The SMILES string of the molecule is CC(=O)C(C)NS(=O)(=O)c1cccc2cnccc12. The predicted molar refractivity (Wildman–Crippen MR) is 72.2 cm³/mol. The van der Waals surface area contributed by atoms with Gasteiger partial charge in [-0.1, -0.05) is 12.1 Å². The molecule has 2 aromatic rings. The van der Waals surface area contributed by atoms with E-state index in [1.54, 1.807) is 24.4 Å². The molecular formula is C13H14N2O3S. The van der Waals surface area contributed by atoms with Gasteiger partial charge in [0.15, 0.2) is 0 Å². The maximum atomic E-state index is 12.3. The Labute approximate surface area is 111 Å². The summed E-state index contributed by atoms with van der Waals surface area (Å²) >= 11 is 0. The summed E-state index contributed by atoms with van der Waals surface area (Å²) in [6.07, 6.45) is 3.14. The highest BCUT2D eigenvalue weighted by Gasteiger charge is 2.21. The average Bonchev–Trinajstić information content (AvgIpc) is 2.37. The third kappa shape index (κ3) is 2.80. The normalized spacial score (nSPS) is 13.4. The Kier molecular flexibility index (Phi) is 3.64. The van der Waals surface area contributed by atoms with Crippen molar-refractivity contribution in [2.24, 2.45) is 0 Å². The standard InChI is InChI=1S/C13H14N2O3S/c1-9(10(2)16)15-19(17,18)13-5-3-4-11-8-14-7-6-12(11)13/h3-9,15H,1-2H3. The number of fused-ring (bicyclic) bond motifs is 1. The van der Waals surface area contributed by atoms with Crippen LogP contribution in [0.4, 0.5) is 0 Å². The molecule has 0 aliphatic heterocycles. The number of sulfonamides is 1. The summed E-state index contributed by atoms with van der Waals surface area (Å²) in [5.74, 6) is -0.231. The fourth-order valence-electron chi connectivity index (χ4n) is 1.71. The molecule has 0 radical (unpaired) electrons. The largest absolute Gasteiger partial charge is 0.298 e. The van der Waals surface area contributed by atoms with Crippen LogP contribution in [0.15, 0.2) is 41.6 Å². The molecule has 1 aromatic heterocycles. The van der Waals surface area contributed by atoms with E-state index in [1.807, 2.05) is 0 Å². The minimum atomic E-state index is -3.73. The van der Waals surface area contributed by atoms with Crippen LogP contribution >= 0.6 is 0 Å². The lowest BCUT2D eigenvalue weighted by Gasteiger charge is -2.12. The van der Waals surface area contributed by atoms with Crippen molar-refractivity contribution in [2.45, 2.75) is 24.8 Å². The second-order valence-corrected chi connectivity index (χ2v) is 5.99. The molecule has 0 aliphatic rings. The fraction of sp³-hybridized carbons (Fsp3) is 0.231. The number of hydrogen-bond donors (Lipinski definition) is 1. The van der Waals surface area contributed by atoms with Gasteiger partial charge < -0.3 is 0 Å². The van der Waals surface area contributed by atoms with Gasteiger partial charge in [-0.3, -0.25) is 9.78 Å². The lowest BCUT2D eigenvalue weighted by molar-refractivity contribution is -0.118. The van der Waals surface area contributed by atoms with Gasteiger partial charge in [0.05, 0.1) is 10.9 Å². The van der Waals surface area contributed by atoms with Crippen LogP contribution in [-0.4, -0.2) is 25.2 Å². The first-order chi connectivity index (χ1) is 8.92. The van der Waals surface area contributed by atoms with Crippen LogP contribution in [0.3, 0.4) is 0 Å². The number of benzene rings is 1. The quantitative estimate of drug-likeness (QED) is 0.919. The van der Waals surface area contributed by atoms with Gasteiger partial charge in [-0.05, 0) is 26.0 Å². The van der Waals surface area contributed by atoms with Gasteiger partial charge >= 0.3 is 0 Å². The lowest BCUT2D eigenvalue weighted by Crippen LogP contribution is -2.37. The number of carbonyl (C=O) groups excluding carboxylic acids is 1. The molecule has 1 heterocycles. The average molecular weight is 278 g/mol. The molecule has 5 nitrogen and oxygen atoms in total. The maximum Gasteiger partial charge on any atom is 0.241 e. The molecule has 0 aliphatic carbocycles. The van der Waals surface area contributed by atoms with E-state index in [0.29, 0.717) is 5.39 Å². The van der Waals surface area contributed by atoms with E-state index in [-0.39, 0.29) is 10.7 Å². The smallest absolute Gasteiger partial charge is 0.241 e. The molecule has 19 heavy (non-hydrogen) atoms. The Hall–Kier alpha value is -1.79. The first-order valence-electron chi connectivity index (χ1n) is 5.77. The molecule has 2 rings (SSSR count). The summed E-state index contributed by atoms with van der Waals surface area (Å²) in [4.78, 5) is 15.3. The van der Waals surface area contributed by atoms with Gasteiger partial charge in [0.2, 0.25) is 10.0 Å². The summed E-state index contributed by atoms with van der Waals surface area (Å²) in [6.45, 7) is 2.87. The molecule has 1 atom stereocenters. The molecule has 0 spiro atoms. The van der Waals surface area contributed by atoms with Crippen molar-refractivity contribution in [1.82, 2.24) is 9.71 Å². The van der Waals surface area contributed by atoms with Gasteiger partial charge in [-0.25, -0.2) is 13.1 Å². The van der Waals surface area contributed by atoms with Crippen LogP contribution in [0.1, 0.15) is 13.8 Å². The zero-order valence-corrected chi connectivity index (χ0v) is 11.4. The summed E-state index contributed by atoms with van der Waals surface area (Å²) < 4.78 is 26.9. The number of nitrogens with zero attached hydrogens (tertiary/aromatic N) is 1. The van der Waals surface area contributed by atoms with Crippen LogP contribution in [0.25, 0.3) is 10.8 Å². The van der Waals surface area contributed by atoms with E-state index < -0.39 is 16.1 Å². The van der Waals surface area contributed by atoms with Gasteiger partial charge in [0, 0.05) is 23.2 Å². The zero-order chi connectivity index (χ0) is 14.0. The molecule has 100 valence electrons. The lowest BCUT2D eigenvalue weighted by atomic mass is 10.2.